The van der Waals surface area contributed by atoms with Crippen molar-refractivity contribution in [1.82, 2.24) is 10.6 Å². The summed E-state index contributed by atoms with van der Waals surface area (Å²) in [7, 11) is 0. The van der Waals surface area contributed by atoms with E-state index < -0.39 is 0 Å². The topological polar surface area (TPSA) is 41.1 Å². The van der Waals surface area contributed by atoms with Crippen molar-refractivity contribution >= 4 is 5.91 Å². The lowest BCUT2D eigenvalue weighted by Gasteiger charge is -2.35. The van der Waals surface area contributed by atoms with Gasteiger partial charge in [-0.05, 0) is 31.4 Å². The van der Waals surface area contributed by atoms with Gasteiger partial charge in [0.1, 0.15) is 0 Å². The number of carbonyl (C=O) groups is 1. The Labute approximate surface area is 109 Å². The standard InChI is InChI=1S/C15H22N2O/c1-2-15(9-6-10-16-12-15)14(18)17-11-13-7-4-3-5-8-13/h3-5,7-8,16H,2,6,9-12H2,1H3,(H,17,18). The van der Waals surface area contributed by atoms with Gasteiger partial charge >= 0.3 is 0 Å². The average molecular weight is 246 g/mol. The van der Waals surface area contributed by atoms with Gasteiger partial charge in [0, 0.05) is 13.1 Å². The minimum absolute atomic E-state index is 0.195. The number of carbonyl (C=O) groups excluding carboxylic acids is 1. The SMILES string of the molecule is CCC1(C(=O)NCc2ccccc2)CCCNC1. The van der Waals surface area contributed by atoms with Crippen molar-refractivity contribution < 1.29 is 4.79 Å². The lowest BCUT2D eigenvalue weighted by molar-refractivity contribution is -0.132. The molecule has 1 saturated heterocycles. The molecule has 18 heavy (non-hydrogen) atoms. The van der Waals surface area contributed by atoms with Crippen molar-refractivity contribution in [1.29, 1.82) is 0 Å². The number of rotatable bonds is 4. The average Bonchev–Trinajstić information content (AvgIpc) is 2.46. The third-order valence-corrected chi connectivity index (χ3v) is 3.93. The monoisotopic (exact) mass is 246 g/mol. The second kappa shape index (κ2) is 6.01. The van der Waals surface area contributed by atoms with Crippen LogP contribution in [-0.4, -0.2) is 19.0 Å². The van der Waals surface area contributed by atoms with Gasteiger partial charge in [-0.3, -0.25) is 4.79 Å². The van der Waals surface area contributed by atoms with Crippen molar-refractivity contribution in [3.63, 3.8) is 0 Å². The van der Waals surface area contributed by atoms with Gasteiger partial charge in [-0.25, -0.2) is 0 Å². The zero-order valence-electron chi connectivity index (χ0n) is 11.0. The van der Waals surface area contributed by atoms with E-state index in [9.17, 15) is 4.79 Å². The van der Waals surface area contributed by atoms with Crippen LogP contribution in [0.2, 0.25) is 0 Å². The van der Waals surface area contributed by atoms with E-state index >= 15 is 0 Å². The minimum Gasteiger partial charge on any atom is -0.352 e. The number of hydrogen-bond donors (Lipinski definition) is 2. The fourth-order valence-corrected chi connectivity index (χ4v) is 2.59. The molecule has 1 fully saturated rings. The molecule has 3 heteroatoms. The normalized spacial score (nSPS) is 23.6. The second-order valence-corrected chi connectivity index (χ2v) is 5.08. The van der Waals surface area contributed by atoms with E-state index in [4.69, 9.17) is 0 Å². The first-order valence-electron chi connectivity index (χ1n) is 6.80. The lowest BCUT2D eigenvalue weighted by Crippen LogP contribution is -2.50. The summed E-state index contributed by atoms with van der Waals surface area (Å²) in [6, 6.07) is 10.1. The molecule has 0 radical (unpaired) electrons. The number of hydrogen-bond acceptors (Lipinski definition) is 2. The molecule has 1 atom stereocenters. The molecule has 1 aliphatic heterocycles. The third kappa shape index (κ3) is 2.91. The maximum absolute atomic E-state index is 12.4. The smallest absolute Gasteiger partial charge is 0.227 e. The molecule has 2 N–H and O–H groups in total. The Morgan fingerprint density at radius 3 is 2.78 bits per heavy atom. The predicted octanol–water partition coefficient (Wildman–Crippen LogP) is 2.08. The fourth-order valence-electron chi connectivity index (χ4n) is 2.59. The van der Waals surface area contributed by atoms with Crippen LogP contribution in [0.3, 0.4) is 0 Å². The van der Waals surface area contributed by atoms with Gasteiger partial charge < -0.3 is 10.6 Å². The largest absolute Gasteiger partial charge is 0.352 e. The summed E-state index contributed by atoms with van der Waals surface area (Å²) in [4.78, 5) is 12.4. The maximum atomic E-state index is 12.4. The lowest BCUT2D eigenvalue weighted by atomic mass is 9.77. The molecule has 1 unspecified atom stereocenters. The van der Waals surface area contributed by atoms with Gasteiger partial charge in [0.15, 0.2) is 0 Å². The molecule has 3 nitrogen and oxygen atoms in total. The predicted molar refractivity (Wildman–Crippen MR) is 73.1 cm³/mol. The van der Waals surface area contributed by atoms with Crippen LogP contribution >= 0.6 is 0 Å². The number of benzene rings is 1. The van der Waals surface area contributed by atoms with Gasteiger partial charge in [0.25, 0.3) is 0 Å². The molecule has 1 heterocycles. The van der Waals surface area contributed by atoms with E-state index in [0.717, 1.165) is 37.9 Å². The van der Waals surface area contributed by atoms with Gasteiger partial charge in [-0.1, -0.05) is 37.3 Å². The molecule has 0 saturated carbocycles. The van der Waals surface area contributed by atoms with Gasteiger partial charge in [0.2, 0.25) is 5.91 Å². The minimum atomic E-state index is -0.201. The van der Waals surface area contributed by atoms with E-state index in [1.54, 1.807) is 0 Å². The molecule has 1 aliphatic rings. The highest BCUT2D eigenvalue weighted by Crippen LogP contribution is 2.30. The number of nitrogens with one attached hydrogen (secondary N) is 2. The van der Waals surface area contributed by atoms with Crippen LogP contribution < -0.4 is 10.6 Å². The zero-order valence-corrected chi connectivity index (χ0v) is 11.0. The van der Waals surface area contributed by atoms with Crippen LogP contribution in [0.25, 0.3) is 0 Å². The Morgan fingerprint density at radius 1 is 1.39 bits per heavy atom. The zero-order chi connectivity index (χ0) is 12.8. The van der Waals surface area contributed by atoms with Crippen LogP contribution in [0.1, 0.15) is 31.7 Å². The molecular weight excluding hydrogens is 224 g/mol. The first-order chi connectivity index (χ1) is 8.77. The van der Waals surface area contributed by atoms with Crippen molar-refractivity contribution in [2.24, 2.45) is 5.41 Å². The maximum Gasteiger partial charge on any atom is 0.227 e. The Morgan fingerprint density at radius 2 is 2.17 bits per heavy atom. The molecule has 0 aliphatic carbocycles. The van der Waals surface area contributed by atoms with Crippen LogP contribution in [0.15, 0.2) is 30.3 Å². The Hall–Kier alpha value is -1.35. The summed E-state index contributed by atoms with van der Waals surface area (Å²) < 4.78 is 0. The number of amides is 1. The fraction of sp³-hybridized carbons (Fsp3) is 0.533. The summed E-state index contributed by atoms with van der Waals surface area (Å²) in [6.07, 6.45) is 2.99. The third-order valence-electron chi connectivity index (χ3n) is 3.93. The molecule has 2 rings (SSSR count). The molecule has 1 amide bonds. The Balaban J connectivity index is 1.94. The summed E-state index contributed by atoms with van der Waals surface area (Å²) in [5, 5.41) is 6.43. The molecule has 98 valence electrons. The highest BCUT2D eigenvalue weighted by Gasteiger charge is 2.37. The Kier molecular flexibility index (Phi) is 4.37. The molecule has 0 aromatic heterocycles. The van der Waals surface area contributed by atoms with Crippen molar-refractivity contribution in [2.45, 2.75) is 32.7 Å². The van der Waals surface area contributed by atoms with Crippen LogP contribution in [0.5, 0.6) is 0 Å². The van der Waals surface area contributed by atoms with Crippen LogP contribution in [0, 0.1) is 5.41 Å². The second-order valence-electron chi connectivity index (χ2n) is 5.08. The summed E-state index contributed by atoms with van der Waals surface area (Å²) in [5.41, 5.74) is 0.952. The molecule has 0 spiro atoms. The van der Waals surface area contributed by atoms with Crippen LogP contribution in [0.4, 0.5) is 0 Å². The molecular formula is C15H22N2O. The molecule has 1 aromatic carbocycles. The number of piperidine rings is 1. The highest BCUT2D eigenvalue weighted by molar-refractivity contribution is 5.83. The van der Waals surface area contributed by atoms with Crippen LogP contribution in [-0.2, 0) is 11.3 Å². The Bertz CT molecular complexity index is 383. The molecule has 1 aromatic rings. The van der Waals surface area contributed by atoms with Crippen molar-refractivity contribution in [3.05, 3.63) is 35.9 Å². The summed E-state index contributed by atoms with van der Waals surface area (Å²) >= 11 is 0. The summed E-state index contributed by atoms with van der Waals surface area (Å²) in [5.74, 6) is 0.195. The van der Waals surface area contributed by atoms with E-state index in [1.807, 2.05) is 30.3 Å². The van der Waals surface area contributed by atoms with E-state index in [2.05, 4.69) is 17.6 Å². The first-order valence-corrected chi connectivity index (χ1v) is 6.80. The van der Waals surface area contributed by atoms with Crippen molar-refractivity contribution in [3.8, 4) is 0 Å². The van der Waals surface area contributed by atoms with E-state index in [0.29, 0.717) is 6.54 Å². The van der Waals surface area contributed by atoms with Gasteiger partial charge in [0.05, 0.1) is 5.41 Å². The first kappa shape index (κ1) is 13.1. The van der Waals surface area contributed by atoms with Gasteiger partial charge in [-0.2, -0.15) is 0 Å². The van der Waals surface area contributed by atoms with Crippen molar-refractivity contribution in [2.75, 3.05) is 13.1 Å². The van der Waals surface area contributed by atoms with E-state index in [1.165, 1.54) is 0 Å². The van der Waals surface area contributed by atoms with E-state index in [-0.39, 0.29) is 11.3 Å². The molecule has 0 bridgehead atoms. The van der Waals surface area contributed by atoms with Gasteiger partial charge in [-0.15, -0.1) is 0 Å². The highest BCUT2D eigenvalue weighted by atomic mass is 16.2. The summed E-state index contributed by atoms with van der Waals surface area (Å²) in [6.45, 7) is 4.58. The quantitative estimate of drug-likeness (QED) is 0.854.